The van der Waals surface area contributed by atoms with Gasteiger partial charge >= 0.3 is 0 Å². The fourth-order valence-corrected chi connectivity index (χ4v) is 8.24. The topological polar surface area (TPSA) is 66.6 Å². The molecule has 1 atom stereocenters. The third-order valence-corrected chi connectivity index (χ3v) is 10.9. The molecule has 42 heavy (non-hydrogen) atoms. The number of nitrogens with zero attached hydrogens (tertiary/aromatic N) is 6. The lowest BCUT2D eigenvalue weighted by atomic mass is 9.99. The lowest BCUT2D eigenvalue weighted by Gasteiger charge is -2.40. The molecule has 3 aliphatic heterocycles. The number of thiophene rings is 1. The van der Waals surface area contributed by atoms with Crippen LogP contribution in [0.1, 0.15) is 97.0 Å². The molecular formula is C33H43ClN6OS. The smallest absolute Gasteiger partial charge is 0.163 e. The molecule has 2 saturated heterocycles. The molecule has 6 rings (SSSR count). The Bertz CT molecular complexity index is 1430. The largest absolute Gasteiger partial charge is 0.303 e. The number of Topliss-reactive ketones (excluding diaryl/α,β-unsaturated/α-hetero) is 1. The lowest BCUT2D eigenvalue weighted by Crippen LogP contribution is -2.46. The van der Waals surface area contributed by atoms with Crippen molar-refractivity contribution in [2.24, 2.45) is 4.99 Å². The standard InChI is InChI=1S/C33H43ClN6OS/c1-22-23(2)42-33-30(22)31(25-10-12-26(34)13-11-25)35-29(32-37-36-24(3)40(32)33)21-28(41)9-5-8-16-38-19-14-27(15-20-38)39-17-6-4-7-18-39/h10-13,27,29H,4-9,14-21H2,1-3H3/t29-/m0/s1. The van der Waals surface area contributed by atoms with Gasteiger partial charge in [0.2, 0.25) is 0 Å². The number of likely N-dealkylation sites (tertiary alicyclic amines) is 2. The molecule has 0 unspecified atom stereocenters. The van der Waals surface area contributed by atoms with Gasteiger partial charge in [0.25, 0.3) is 0 Å². The van der Waals surface area contributed by atoms with E-state index < -0.39 is 0 Å². The van der Waals surface area contributed by atoms with E-state index in [0.717, 1.165) is 58.9 Å². The number of hydrogen-bond donors (Lipinski definition) is 0. The van der Waals surface area contributed by atoms with Crippen LogP contribution in [0.3, 0.4) is 0 Å². The highest BCUT2D eigenvalue weighted by atomic mass is 35.5. The molecular weight excluding hydrogens is 564 g/mol. The predicted molar refractivity (Wildman–Crippen MR) is 172 cm³/mol. The minimum absolute atomic E-state index is 0.244. The average Bonchev–Trinajstić information content (AvgIpc) is 3.48. The van der Waals surface area contributed by atoms with Gasteiger partial charge in [-0.25, -0.2) is 0 Å². The summed E-state index contributed by atoms with van der Waals surface area (Å²) < 4.78 is 2.12. The Hall–Kier alpha value is -2.39. The van der Waals surface area contributed by atoms with Crippen molar-refractivity contribution < 1.29 is 4.79 Å². The van der Waals surface area contributed by atoms with Gasteiger partial charge in [0, 0.05) is 39.9 Å². The van der Waals surface area contributed by atoms with Crippen LogP contribution in [0.5, 0.6) is 0 Å². The van der Waals surface area contributed by atoms with Gasteiger partial charge in [-0.1, -0.05) is 30.2 Å². The summed E-state index contributed by atoms with van der Waals surface area (Å²) in [7, 11) is 0. The molecule has 2 aromatic heterocycles. The number of rotatable bonds is 9. The number of fused-ring (bicyclic) bond motifs is 3. The third-order valence-electron chi connectivity index (χ3n) is 9.42. The van der Waals surface area contributed by atoms with Gasteiger partial charge in [-0.15, -0.1) is 21.5 Å². The first kappa shape index (κ1) is 29.7. The average molecular weight is 607 g/mol. The predicted octanol–water partition coefficient (Wildman–Crippen LogP) is 6.88. The maximum Gasteiger partial charge on any atom is 0.163 e. The van der Waals surface area contributed by atoms with Gasteiger partial charge in [0.1, 0.15) is 22.7 Å². The molecule has 0 spiro atoms. The Morgan fingerprint density at radius 2 is 1.71 bits per heavy atom. The summed E-state index contributed by atoms with van der Waals surface area (Å²) in [5.41, 5.74) is 4.20. The summed E-state index contributed by atoms with van der Waals surface area (Å²) in [4.78, 5) is 25.2. The molecule has 5 heterocycles. The maximum absolute atomic E-state index is 13.4. The van der Waals surface area contributed by atoms with E-state index in [9.17, 15) is 4.79 Å². The molecule has 7 nitrogen and oxygen atoms in total. The van der Waals surface area contributed by atoms with E-state index in [1.807, 2.05) is 31.2 Å². The second kappa shape index (κ2) is 13.1. The molecule has 3 aromatic rings. The van der Waals surface area contributed by atoms with Crippen LogP contribution in [0.15, 0.2) is 29.3 Å². The molecule has 0 N–H and O–H groups in total. The number of aromatic nitrogens is 3. The van der Waals surface area contributed by atoms with Crippen LogP contribution in [0, 0.1) is 20.8 Å². The Labute approximate surface area is 259 Å². The van der Waals surface area contributed by atoms with Crippen molar-refractivity contribution in [2.45, 2.75) is 90.6 Å². The summed E-state index contributed by atoms with van der Waals surface area (Å²) in [6, 6.07) is 8.25. The van der Waals surface area contributed by atoms with Gasteiger partial charge in [-0.2, -0.15) is 0 Å². The zero-order chi connectivity index (χ0) is 29.2. The first-order valence-corrected chi connectivity index (χ1v) is 16.9. The number of hydrogen-bond acceptors (Lipinski definition) is 7. The van der Waals surface area contributed by atoms with Crippen LogP contribution >= 0.6 is 22.9 Å². The SMILES string of the molecule is Cc1sc2c(c1C)C(c1ccc(Cl)cc1)=N[C@@H](CC(=O)CCCCN1CCC(N3CCCCC3)CC1)c1nnc(C)n1-2. The zero-order valence-electron chi connectivity index (χ0n) is 25.2. The van der Waals surface area contributed by atoms with E-state index >= 15 is 0 Å². The number of aliphatic imine (C=N–C) groups is 1. The van der Waals surface area contributed by atoms with Crippen molar-refractivity contribution in [1.29, 1.82) is 0 Å². The van der Waals surface area contributed by atoms with Crippen molar-refractivity contribution >= 4 is 34.4 Å². The zero-order valence-corrected chi connectivity index (χ0v) is 26.8. The lowest BCUT2D eigenvalue weighted by molar-refractivity contribution is -0.119. The van der Waals surface area contributed by atoms with Crippen molar-refractivity contribution in [3.8, 4) is 5.00 Å². The van der Waals surface area contributed by atoms with Crippen LogP contribution in [-0.4, -0.2) is 74.8 Å². The number of halogens is 1. The van der Waals surface area contributed by atoms with Gasteiger partial charge in [-0.05, 0) is 110 Å². The highest BCUT2D eigenvalue weighted by Crippen LogP contribution is 2.39. The minimum Gasteiger partial charge on any atom is -0.303 e. The third kappa shape index (κ3) is 6.28. The molecule has 0 aliphatic carbocycles. The van der Waals surface area contributed by atoms with E-state index in [2.05, 4.69) is 38.4 Å². The number of carbonyl (C=O) groups is 1. The van der Waals surface area contributed by atoms with Crippen LogP contribution in [0.4, 0.5) is 0 Å². The Morgan fingerprint density at radius 3 is 2.45 bits per heavy atom. The van der Waals surface area contributed by atoms with Crippen molar-refractivity contribution in [3.05, 3.63) is 62.5 Å². The molecule has 2 fully saturated rings. The molecule has 0 radical (unpaired) electrons. The Morgan fingerprint density at radius 1 is 0.976 bits per heavy atom. The van der Waals surface area contributed by atoms with Gasteiger partial charge in [0.05, 0.1) is 5.71 Å². The highest BCUT2D eigenvalue weighted by molar-refractivity contribution is 7.15. The monoisotopic (exact) mass is 606 g/mol. The fourth-order valence-electron chi connectivity index (χ4n) is 6.90. The second-order valence-electron chi connectivity index (χ2n) is 12.3. The Kier molecular flexibility index (Phi) is 9.24. The molecule has 9 heteroatoms. The summed E-state index contributed by atoms with van der Waals surface area (Å²) in [6.07, 6.45) is 9.63. The molecule has 224 valence electrons. The van der Waals surface area contributed by atoms with Crippen molar-refractivity contribution in [1.82, 2.24) is 24.6 Å². The van der Waals surface area contributed by atoms with E-state index in [1.165, 1.54) is 68.7 Å². The second-order valence-corrected chi connectivity index (χ2v) is 13.9. The number of unbranched alkanes of at least 4 members (excludes halogenated alkanes) is 1. The Balaban J connectivity index is 1.11. The number of aryl methyl sites for hydroxylation is 2. The fraction of sp³-hybridized carbons (Fsp3) is 0.576. The number of ketones is 1. The van der Waals surface area contributed by atoms with Crippen LogP contribution < -0.4 is 0 Å². The van der Waals surface area contributed by atoms with E-state index in [-0.39, 0.29) is 11.8 Å². The van der Waals surface area contributed by atoms with Crippen LogP contribution in [0.2, 0.25) is 5.02 Å². The molecule has 0 amide bonds. The van der Waals surface area contributed by atoms with Gasteiger partial charge < -0.3 is 9.80 Å². The minimum atomic E-state index is -0.377. The summed E-state index contributed by atoms with van der Waals surface area (Å²) in [5, 5.41) is 10.7. The van der Waals surface area contributed by atoms with E-state index in [4.69, 9.17) is 16.6 Å². The van der Waals surface area contributed by atoms with Crippen molar-refractivity contribution in [2.75, 3.05) is 32.7 Å². The first-order chi connectivity index (χ1) is 20.4. The van der Waals surface area contributed by atoms with Gasteiger partial charge in [0.15, 0.2) is 5.82 Å². The first-order valence-electron chi connectivity index (χ1n) is 15.7. The number of piperidine rings is 2. The van der Waals surface area contributed by atoms with E-state index in [1.54, 1.807) is 11.3 Å². The summed E-state index contributed by atoms with van der Waals surface area (Å²) in [5.74, 6) is 1.82. The molecule has 1 aromatic carbocycles. The van der Waals surface area contributed by atoms with E-state index in [0.29, 0.717) is 17.9 Å². The summed E-state index contributed by atoms with van der Waals surface area (Å²) in [6.45, 7) is 12.3. The van der Waals surface area contributed by atoms with Crippen LogP contribution in [0.25, 0.3) is 5.00 Å². The maximum atomic E-state index is 13.4. The molecule has 0 bridgehead atoms. The quantitative estimate of drug-likeness (QED) is 0.248. The molecule has 3 aliphatic rings. The number of benzene rings is 1. The van der Waals surface area contributed by atoms with Crippen molar-refractivity contribution in [3.63, 3.8) is 0 Å². The van der Waals surface area contributed by atoms with Gasteiger partial charge in [-0.3, -0.25) is 14.4 Å². The molecule has 0 saturated carbocycles. The number of carbonyl (C=O) groups excluding carboxylic acids is 1. The normalized spacial score (nSPS) is 20.2. The van der Waals surface area contributed by atoms with Crippen LogP contribution in [-0.2, 0) is 4.79 Å². The highest BCUT2D eigenvalue weighted by Gasteiger charge is 2.32. The summed E-state index contributed by atoms with van der Waals surface area (Å²) >= 11 is 7.97.